The third-order valence-corrected chi connectivity index (χ3v) is 2.56. The zero-order valence-corrected chi connectivity index (χ0v) is 13.5. The third kappa shape index (κ3) is 6.45. The molecule has 1 amide bonds. The first kappa shape index (κ1) is 19.8. The van der Waals surface area contributed by atoms with Gasteiger partial charge in [-0.05, 0) is 32.9 Å². The molecular weight excluding hydrogens is 329 g/mol. The van der Waals surface area contributed by atoms with Gasteiger partial charge in [-0.1, -0.05) is 12.1 Å². The Morgan fingerprint density at radius 1 is 1.17 bits per heavy atom. The second kappa shape index (κ2) is 7.52. The first-order valence-electron chi connectivity index (χ1n) is 7.00. The Hall–Kier alpha value is -2.29. The van der Waals surface area contributed by atoms with Gasteiger partial charge in [0, 0.05) is 0 Å². The minimum atomic E-state index is -4.94. The van der Waals surface area contributed by atoms with Crippen LogP contribution in [-0.4, -0.2) is 36.9 Å². The molecule has 0 spiro atoms. The van der Waals surface area contributed by atoms with Gasteiger partial charge in [-0.15, -0.1) is 13.2 Å². The number of halogens is 3. The van der Waals surface area contributed by atoms with Gasteiger partial charge in [0.05, 0.1) is 12.2 Å². The molecule has 0 unspecified atom stereocenters. The van der Waals surface area contributed by atoms with Crippen molar-refractivity contribution < 1.29 is 32.2 Å². The molecule has 0 bridgehead atoms. The third-order valence-electron chi connectivity index (χ3n) is 2.56. The van der Waals surface area contributed by atoms with E-state index in [2.05, 4.69) is 4.74 Å². The number of benzene rings is 1. The quantitative estimate of drug-likeness (QED) is 0.825. The molecule has 1 rings (SSSR count). The predicted molar refractivity (Wildman–Crippen MR) is 80.4 cm³/mol. The predicted octanol–water partition coefficient (Wildman–Crippen LogP) is 2.22. The van der Waals surface area contributed by atoms with E-state index in [1.807, 2.05) is 0 Å². The minimum Gasteiger partial charge on any atom is -0.459 e. The van der Waals surface area contributed by atoms with Crippen molar-refractivity contribution in [1.82, 2.24) is 0 Å². The number of amides is 1. The van der Waals surface area contributed by atoms with Crippen LogP contribution < -0.4 is 15.4 Å². The standard InChI is InChI=1S/C15H19F3N2O4/c1-14(2,3)24-13(22)9-20(12(21)8-19)10-6-4-5-7-11(10)23-15(16,17)18/h4-7H,8-9,19H2,1-3H3. The van der Waals surface area contributed by atoms with Crippen molar-refractivity contribution in [2.75, 3.05) is 18.0 Å². The summed E-state index contributed by atoms with van der Waals surface area (Å²) < 4.78 is 46.5. The maximum atomic E-state index is 12.5. The van der Waals surface area contributed by atoms with Crippen molar-refractivity contribution in [3.05, 3.63) is 24.3 Å². The van der Waals surface area contributed by atoms with Crippen molar-refractivity contribution in [2.24, 2.45) is 5.73 Å². The Kier molecular flexibility index (Phi) is 6.19. The number of carbonyl (C=O) groups excluding carboxylic acids is 2. The molecule has 0 radical (unpaired) electrons. The monoisotopic (exact) mass is 348 g/mol. The molecule has 134 valence electrons. The normalized spacial score (nSPS) is 11.8. The number of anilines is 1. The van der Waals surface area contributed by atoms with Crippen LogP contribution in [0.5, 0.6) is 5.75 Å². The van der Waals surface area contributed by atoms with Gasteiger partial charge in [-0.25, -0.2) is 0 Å². The van der Waals surface area contributed by atoms with E-state index < -0.39 is 42.7 Å². The smallest absolute Gasteiger partial charge is 0.459 e. The van der Waals surface area contributed by atoms with E-state index in [0.29, 0.717) is 0 Å². The van der Waals surface area contributed by atoms with Crippen molar-refractivity contribution in [2.45, 2.75) is 32.7 Å². The summed E-state index contributed by atoms with van der Waals surface area (Å²) in [7, 11) is 0. The highest BCUT2D eigenvalue weighted by Crippen LogP contribution is 2.32. The average Bonchev–Trinajstić information content (AvgIpc) is 2.41. The summed E-state index contributed by atoms with van der Waals surface area (Å²) in [5.41, 5.74) is 4.25. The summed E-state index contributed by atoms with van der Waals surface area (Å²) in [5, 5.41) is 0. The van der Waals surface area contributed by atoms with E-state index in [1.54, 1.807) is 20.8 Å². The summed E-state index contributed by atoms with van der Waals surface area (Å²) in [5.74, 6) is -2.15. The van der Waals surface area contributed by atoms with Gasteiger partial charge in [-0.3, -0.25) is 14.5 Å². The van der Waals surface area contributed by atoms with Crippen LogP contribution in [0, 0.1) is 0 Å². The van der Waals surface area contributed by atoms with Crippen LogP contribution in [0.4, 0.5) is 18.9 Å². The number of nitrogens with two attached hydrogens (primary N) is 1. The van der Waals surface area contributed by atoms with Gasteiger partial charge in [0.1, 0.15) is 12.1 Å². The Morgan fingerprint density at radius 3 is 2.25 bits per heavy atom. The fraction of sp³-hybridized carbons (Fsp3) is 0.467. The molecule has 0 aliphatic heterocycles. The molecule has 1 aromatic rings. The van der Waals surface area contributed by atoms with Crippen molar-refractivity contribution in [3.63, 3.8) is 0 Å². The van der Waals surface area contributed by atoms with E-state index in [4.69, 9.17) is 10.5 Å². The number of hydrogen-bond acceptors (Lipinski definition) is 5. The second-order valence-electron chi connectivity index (χ2n) is 5.79. The highest BCUT2D eigenvalue weighted by atomic mass is 19.4. The molecule has 0 aliphatic rings. The molecule has 0 saturated carbocycles. The molecule has 9 heteroatoms. The lowest BCUT2D eigenvalue weighted by Gasteiger charge is -2.26. The van der Waals surface area contributed by atoms with E-state index in [9.17, 15) is 22.8 Å². The summed E-state index contributed by atoms with van der Waals surface area (Å²) >= 11 is 0. The number of para-hydroxylation sites is 2. The van der Waals surface area contributed by atoms with Crippen molar-refractivity contribution in [1.29, 1.82) is 0 Å². The van der Waals surface area contributed by atoms with E-state index in [0.717, 1.165) is 11.0 Å². The molecule has 0 fully saturated rings. The Morgan fingerprint density at radius 2 is 1.75 bits per heavy atom. The van der Waals surface area contributed by atoms with E-state index >= 15 is 0 Å². The number of carbonyl (C=O) groups is 2. The van der Waals surface area contributed by atoms with Crippen LogP contribution >= 0.6 is 0 Å². The Labute approximate surface area is 137 Å². The fourth-order valence-electron chi connectivity index (χ4n) is 1.81. The maximum Gasteiger partial charge on any atom is 0.573 e. The van der Waals surface area contributed by atoms with Crippen LogP contribution in [0.15, 0.2) is 24.3 Å². The van der Waals surface area contributed by atoms with Gasteiger partial charge in [0.25, 0.3) is 0 Å². The van der Waals surface area contributed by atoms with Crippen LogP contribution in [0.1, 0.15) is 20.8 Å². The lowest BCUT2D eigenvalue weighted by Crippen LogP contribution is -2.42. The summed E-state index contributed by atoms with van der Waals surface area (Å²) in [6.45, 7) is 3.79. The van der Waals surface area contributed by atoms with Gasteiger partial charge in [0.15, 0.2) is 5.75 Å². The van der Waals surface area contributed by atoms with E-state index in [-0.39, 0.29) is 5.69 Å². The van der Waals surface area contributed by atoms with Crippen LogP contribution in [0.3, 0.4) is 0 Å². The SMILES string of the molecule is CC(C)(C)OC(=O)CN(C(=O)CN)c1ccccc1OC(F)(F)F. The van der Waals surface area contributed by atoms with Gasteiger partial charge in [0.2, 0.25) is 5.91 Å². The molecule has 1 aromatic carbocycles. The van der Waals surface area contributed by atoms with Crippen LogP contribution in [0.25, 0.3) is 0 Å². The summed E-state index contributed by atoms with van der Waals surface area (Å²) in [6, 6.07) is 4.97. The van der Waals surface area contributed by atoms with Crippen molar-refractivity contribution in [3.8, 4) is 5.75 Å². The summed E-state index contributed by atoms with van der Waals surface area (Å²) in [4.78, 5) is 24.7. The maximum absolute atomic E-state index is 12.5. The lowest BCUT2D eigenvalue weighted by atomic mass is 10.2. The molecule has 2 N–H and O–H groups in total. The Balaban J connectivity index is 3.14. The Bertz CT molecular complexity index is 597. The molecule has 0 aliphatic carbocycles. The minimum absolute atomic E-state index is 0.226. The highest BCUT2D eigenvalue weighted by molar-refractivity contribution is 6.00. The number of alkyl halides is 3. The molecule has 6 nitrogen and oxygen atoms in total. The average molecular weight is 348 g/mol. The number of esters is 1. The number of nitrogens with zero attached hydrogens (tertiary/aromatic N) is 1. The van der Waals surface area contributed by atoms with Crippen molar-refractivity contribution >= 4 is 17.6 Å². The molecular formula is C15H19F3N2O4. The van der Waals surface area contributed by atoms with Gasteiger partial charge >= 0.3 is 12.3 Å². The largest absolute Gasteiger partial charge is 0.573 e. The topological polar surface area (TPSA) is 81.9 Å². The molecule has 0 saturated heterocycles. The first-order valence-corrected chi connectivity index (χ1v) is 7.00. The number of rotatable bonds is 5. The van der Waals surface area contributed by atoms with Crippen LogP contribution in [-0.2, 0) is 14.3 Å². The van der Waals surface area contributed by atoms with Gasteiger partial charge in [-0.2, -0.15) is 0 Å². The molecule has 0 atom stereocenters. The number of ether oxygens (including phenoxy) is 2. The molecule has 0 heterocycles. The first-order chi connectivity index (χ1) is 10.9. The zero-order chi connectivity index (χ0) is 18.5. The fourth-order valence-corrected chi connectivity index (χ4v) is 1.81. The zero-order valence-electron chi connectivity index (χ0n) is 13.5. The second-order valence-corrected chi connectivity index (χ2v) is 5.79. The van der Waals surface area contributed by atoms with E-state index in [1.165, 1.54) is 18.2 Å². The van der Waals surface area contributed by atoms with Crippen LogP contribution in [0.2, 0.25) is 0 Å². The van der Waals surface area contributed by atoms with Gasteiger partial charge < -0.3 is 15.2 Å². The number of hydrogen-bond donors (Lipinski definition) is 1. The summed E-state index contributed by atoms with van der Waals surface area (Å²) in [6.07, 6.45) is -4.94. The lowest BCUT2D eigenvalue weighted by molar-refractivity contribution is -0.274. The molecule has 0 aromatic heterocycles. The highest BCUT2D eigenvalue weighted by Gasteiger charge is 2.34. The molecule has 24 heavy (non-hydrogen) atoms.